The maximum absolute atomic E-state index is 13.7. The second-order valence-corrected chi connectivity index (χ2v) is 9.41. The lowest BCUT2D eigenvalue weighted by Crippen LogP contribution is -2.36. The van der Waals surface area contributed by atoms with Crippen molar-refractivity contribution < 1.29 is 9.53 Å². The predicted molar refractivity (Wildman–Crippen MR) is 141 cm³/mol. The molecule has 0 saturated carbocycles. The van der Waals surface area contributed by atoms with Crippen molar-refractivity contribution in [1.29, 1.82) is 0 Å². The lowest BCUT2D eigenvalue weighted by Gasteiger charge is -2.29. The summed E-state index contributed by atoms with van der Waals surface area (Å²) in [6, 6.07) is 25.2. The number of morpholine rings is 1. The first-order valence-corrected chi connectivity index (χ1v) is 12.8. The minimum Gasteiger partial charge on any atom is -0.378 e. The van der Waals surface area contributed by atoms with Crippen LogP contribution in [-0.2, 0) is 17.7 Å². The van der Waals surface area contributed by atoms with E-state index in [-0.39, 0.29) is 17.1 Å². The average molecular weight is 486 g/mol. The Bertz CT molecular complexity index is 1370. The van der Waals surface area contributed by atoms with E-state index >= 15 is 0 Å². The van der Waals surface area contributed by atoms with Crippen LogP contribution in [0.2, 0.25) is 0 Å². The van der Waals surface area contributed by atoms with Crippen LogP contribution in [-0.4, -0.2) is 47.4 Å². The Morgan fingerprint density at radius 1 is 0.943 bits per heavy atom. The summed E-state index contributed by atoms with van der Waals surface area (Å²) in [5, 5.41) is 1.17. The molecule has 4 aromatic rings. The van der Waals surface area contributed by atoms with E-state index in [1.807, 2.05) is 66.7 Å². The number of nitrogens with zero attached hydrogens (tertiary/aromatic N) is 3. The molecule has 0 N–H and O–H groups in total. The number of hydrogen-bond acceptors (Lipinski definition) is 6. The van der Waals surface area contributed by atoms with Crippen molar-refractivity contribution in [1.82, 2.24) is 9.55 Å². The number of benzene rings is 3. The van der Waals surface area contributed by atoms with Gasteiger partial charge in [-0.05, 0) is 30.2 Å². The second-order valence-electron chi connectivity index (χ2n) is 8.47. The molecule has 2 heterocycles. The van der Waals surface area contributed by atoms with Crippen LogP contribution in [0.3, 0.4) is 0 Å². The van der Waals surface area contributed by atoms with Crippen LogP contribution in [0, 0.1) is 0 Å². The molecule has 178 valence electrons. The fraction of sp³-hybridized carbons (Fsp3) is 0.250. The van der Waals surface area contributed by atoms with Gasteiger partial charge in [-0.1, -0.05) is 72.4 Å². The monoisotopic (exact) mass is 485 g/mol. The molecule has 0 radical (unpaired) electrons. The van der Waals surface area contributed by atoms with Gasteiger partial charge in [0.25, 0.3) is 5.56 Å². The van der Waals surface area contributed by atoms with Gasteiger partial charge in [0.15, 0.2) is 10.9 Å². The smallest absolute Gasteiger partial charge is 0.262 e. The zero-order valence-corrected chi connectivity index (χ0v) is 20.2. The van der Waals surface area contributed by atoms with Gasteiger partial charge >= 0.3 is 0 Å². The zero-order valence-electron chi connectivity index (χ0n) is 19.4. The third-order valence-corrected chi connectivity index (χ3v) is 7.15. The molecule has 0 aliphatic carbocycles. The van der Waals surface area contributed by atoms with Crippen molar-refractivity contribution >= 4 is 34.1 Å². The Labute approximate surface area is 208 Å². The first-order valence-electron chi connectivity index (χ1n) is 11.8. The lowest BCUT2D eigenvalue weighted by atomic mass is 10.1. The number of ketones is 1. The SMILES string of the molecule is O=C(CSc1nc2ccc(N3CCOCC3)cc2c(=O)n1CCc1ccccc1)c1ccccc1. The summed E-state index contributed by atoms with van der Waals surface area (Å²) in [6.07, 6.45) is 0.706. The third kappa shape index (κ3) is 5.47. The molecule has 0 unspecified atom stereocenters. The molecule has 1 aliphatic heterocycles. The van der Waals surface area contributed by atoms with Crippen molar-refractivity contribution in [3.05, 3.63) is 100 Å². The largest absolute Gasteiger partial charge is 0.378 e. The molecule has 0 bridgehead atoms. The molecule has 1 aromatic heterocycles. The molecule has 7 heteroatoms. The fourth-order valence-corrected chi connectivity index (χ4v) is 5.16. The second kappa shape index (κ2) is 10.9. The Kier molecular flexibility index (Phi) is 7.25. The molecular weight excluding hydrogens is 458 g/mol. The van der Waals surface area contributed by atoms with E-state index in [9.17, 15) is 9.59 Å². The number of Topliss-reactive ketones (excluding diaryl/α,β-unsaturated/α-hetero) is 1. The number of carbonyl (C=O) groups excluding carboxylic acids is 1. The van der Waals surface area contributed by atoms with Gasteiger partial charge in [-0.25, -0.2) is 4.98 Å². The highest BCUT2D eigenvalue weighted by molar-refractivity contribution is 7.99. The number of ether oxygens (including phenoxy) is 1. The minimum atomic E-state index is -0.0734. The highest BCUT2D eigenvalue weighted by atomic mass is 32.2. The van der Waals surface area contributed by atoms with Crippen molar-refractivity contribution in [2.45, 2.75) is 18.1 Å². The van der Waals surface area contributed by atoms with Gasteiger partial charge in [-0.2, -0.15) is 0 Å². The summed E-state index contributed by atoms with van der Waals surface area (Å²) in [5.74, 6) is 0.237. The van der Waals surface area contributed by atoms with Gasteiger partial charge in [-0.3, -0.25) is 14.2 Å². The van der Waals surface area contributed by atoms with Gasteiger partial charge in [0.2, 0.25) is 0 Å². The topological polar surface area (TPSA) is 64.4 Å². The van der Waals surface area contributed by atoms with Crippen LogP contribution >= 0.6 is 11.8 Å². The molecular formula is C28H27N3O3S. The van der Waals surface area contributed by atoms with Crippen LogP contribution in [0.5, 0.6) is 0 Å². The standard InChI is InChI=1S/C28H27N3O3S/c32-26(22-9-5-2-6-10-22)20-35-28-29-25-12-11-23(30-15-17-34-18-16-30)19-24(25)27(33)31(28)14-13-21-7-3-1-4-8-21/h1-12,19H,13-18,20H2. The van der Waals surface area contributed by atoms with E-state index in [1.165, 1.54) is 11.8 Å². The average Bonchev–Trinajstić information content (AvgIpc) is 2.92. The predicted octanol–water partition coefficient (Wildman–Crippen LogP) is 4.45. The number of thioether (sulfide) groups is 1. The Morgan fingerprint density at radius 2 is 1.66 bits per heavy atom. The number of aryl methyl sites for hydroxylation is 1. The van der Waals surface area contributed by atoms with Crippen molar-refractivity contribution in [3.8, 4) is 0 Å². The van der Waals surface area contributed by atoms with E-state index in [4.69, 9.17) is 9.72 Å². The minimum absolute atomic E-state index is 0.0159. The first-order chi connectivity index (χ1) is 17.2. The summed E-state index contributed by atoms with van der Waals surface area (Å²) in [7, 11) is 0. The van der Waals surface area contributed by atoms with Crippen molar-refractivity contribution in [2.24, 2.45) is 0 Å². The van der Waals surface area contributed by atoms with Crippen LogP contribution in [0.15, 0.2) is 88.8 Å². The van der Waals surface area contributed by atoms with Gasteiger partial charge in [0, 0.05) is 30.9 Å². The molecule has 35 heavy (non-hydrogen) atoms. The zero-order chi connectivity index (χ0) is 24.0. The molecule has 1 fully saturated rings. The molecule has 5 rings (SSSR count). The molecule has 1 saturated heterocycles. The molecule has 1 aliphatic rings. The maximum atomic E-state index is 13.7. The number of carbonyl (C=O) groups is 1. The van der Waals surface area contributed by atoms with Crippen LogP contribution in [0.25, 0.3) is 10.9 Å². The van der Waals surface area contributed by atoms with Crippen LogP contribution in [0.4, 0.5) is 5.69 Å². The van der Waals surface area contributed by atoms with E-state index < -0.39 is 0 Å². The Balaban J connectivity index is 1.48. The van der Waals surface area contributed by atoms with Crippen molar-refractivity contribution in [3.63, 3.8) is 0 Å². The number of fused-ring (bicyclic) bond motifs is 1. The molecule has 3 aromatic carbocycles. The van der Waals surface area contributed by atoms with Gasteiger partial charge < -0.3 is 9.64 Å². The van der Waals surface area contributed by atoms with E-state index in [0.717, 1.165) is 24.3 Å². The van der Waals surface area contributed by atoms with Gasteiger partial charge in [-0.15, -0.1) is 0 Å². The molecule has 0 amide bonds. The highest BCUT2D eigenvalue weighted by Crippen LogP contribution is 2.24. The molecule has 6 nitrogen and oxygen atoms in total. The van der Waals surface area contributed by atoms with Gasteiger partial charge in [0.05, 0.1) is 29.9 Å². The van der Waals surface area contributed by atoms with E-state index in [2.05, 4.69) is 17.0 Å². The summed E-state index contributed by atoms with van der Waals surface area (Å²) in [6.45, 7) is 3.47. The van der Waals surface area contributed by atoms with E-state index in [0.29, 0.717) is 47.8 Å². The Morgan fingerprint density at radius 3 is 2.40 bits per heavy atom. The molecule has 0 atom stereocenters. The highest BCUT2D eigenvalue weighted by Gasteiger charge is 2.17. The quantitative estimate of drug-likeness (QED) is 0.209. The number of hydrogen-bond donors (Lipinski definition) is 0. The van der Waals surface area contributed by atoms with Gasteiger partial charge in [0.1, 0.15) is 0 Å². The summed E-state index contributed by atoms with van der Waals surface area (Å²) < 4.78 is 7.19. The van der Waals surface area contributed by atoms with Crippen molar-refractivity contribution in [2.75, 3.05) is 37.0 Å². The number of anilines is 1. The molecule has 0 spiro atoms. The number of aromatic nitrogens is 2. The maximum Gasteiger partial charge on any atom is 0.262 e. The van der Waals surface area contributed by atoms with E-state index in [1.54, 1.807) is 4.57 Å². The normalized spacial score (nSPS) is 13.8. The lowest BCUT2D eigenvalue weighted by molar-refractivity contribution is 0.102. The summed E-state index contributed by atoms with van der Waals surface area (Å²) in [4.78, 5) is 33.5. The first kappa shape index (κ1) is 23.3. The number of rotatable bonds is 8. The van der Waals surface area contributed by atoms with Crippen LogP contribution < -0.4 is 10.5 Å². The third-order valence-electron chi connectivity index (χ3n) is 6.17. The van der Waals surface area contributed by atoms with Crippen LogP contribution in [0.1, 0.15) is 15.9 Å². The Hall–Kier alpha value is -3.42. The summed E-state index contributed by atoms with van der Waals surface area (Å²) in [5.41, 5.74) is 3.40. The summed E-state index contributed by atoms with van der Waals surface area (Å²) >= 11 is 1.32. The fourth-order valence-electron chi connectivity index (χ4n) is 4.24.